The van der Waals surface area contributed by atoms with Crippen LogP contribution in [0.5, 0.6) is 5.75 Å². The number of amides is 2. The van der Waals surface area contributed by atoms with Crippen molar-refractivity contribution in [3.8, 4) is 5.75 Å². The fraction of sp³-hybridized carbons (Fsp3) is 0.455. The van der Waals surface area contributed by atoms with Gasteiger partial charge in [0.25, 0.3) is 11.8 Å². The molecular formula is C33H45ClN7O4S+. The number of benzene rings is 2. The van der Waals surface area contributed by atoms with E-state index in [9.17, 15) is 9.59 Å². The zero-order chi connectivity index (χ0) is 32.9. The molecule has 13 heteroatoms. The Morgan fingerprint density at radius 3 is 2.26 bits per heavy atom. The van der Waals surface area contributed by atoms with Crippen molar-refractivity contribution in [1.82, 2.24) is 20.6 Å². The van der Waals surface area contributed by atoms with Gasteiger partial charge in [0.15, 0.2) is 22.5 Å². The zero-order valence-electron chi connectivity index (χ0n) is 26.3. The number of anilines is 2. The first kappa shape index (κ1) is 35.3. The van der Waals surface area contributed by atoms with E-state index in [-0.39, 0.29) is 34.4 Å². The monoisotopic (exact) mass is 670 g/mol. The van der Waals surface area contributed by atoms with Crippen LogP contribution in [0.15, 0.2) is 48.5 Å². The van der Waals surface area contributed by atoms with E-state index in [0.717, 1.165) is 87.0 Å². The smallest absolute Gasteiger partial charge is 0.274 e. The normalized spacial score (nSPS) is 17.8. The number of halogens is 1. The van der Waals surface area contributed by atoms with Gasteiger partial charge in [0, 0.05) is 30.7 Å². The first-order valence-electron chi connectivity index (χ1n) is 15.7. The Kier molecular flexibility index (Phi) is 13.3. The highest BCUT2D eigenvalue weighted by Crippen LogP contribution is 2.24. The molecule has 2 aromatic carbocycles. The SMILES string of the molecule is COc1ccc(CCC[N+]2(CCCc3ccc(C(=O)NCCCSO)cc3)CCCC(NC(=O)c3nc(Cl)c(N)nc3N)C2)cc1. The number of ether oxygens (including phenoxy) is 1. The lowest BCUT2D eigenvalue weighted by Gasteiger charge is -2.45. The molecule has 1 fully saturated rings. The molecule has 46 heavy (non-hydrogen) atoms. The number of aromatic nitrogens is 2. The molecule has 1 aromatic heterocycles. The predicted octanol–water partition coefficient (Wildman–Crippen LogP) is 4.60. The average Bonchev–Trinajstić information content (AvgIpc) is 3.05. The Balaban J connectivity index is 1.39. The van der Waals surface area contributed by atoms with Gasteiger partial charge in [-0.05, 0) is 79.5 Å². The molecule has 2 unspecified atom stereocenters. The number of likely N-dealkylation sites (tertiary alicyclic amines) is 1. The first-order valence-corrected chi connectivity index (χ1v) is 17.0. The summed E-state index contributed by atoms with van der Waals surface area (Å²) >= 11 is 6.82. The third-order valence-corrected chi connectivity index (χ3v) is 9.27. The average molecular weight is 671 g/mol. The van der Waals surface area contributed by atoms with Crippen LogP contribution in [0, 0.1) is 0 Å². The summed E-state index contributed by atoms with van der Waals surface area (Å²) in [6, 6.07) is 16.0. The largest absolute Gasteiger partial charge is 0.497 e. The molecular weight excluding hydrogens is 626 g/mol. The summed E-state index contributed by atoms with van der Waals surface area (Å²) in [6.45, 7) is 4.33. The standard InChI is InChI=1S/C33H44ClN7O4S/c1-45-27-15-11-24(12-16-27)7-3-19-41(18-2-6-23-9-13-25(14-10-23)32(42)37-17-5-21-46-44)20-4-8-26(22-41)38-33(43)28-30(35)40-31(36)29(34)39-28/h9-16,26H,2-8,17-22H2,1H3,(H6-,35,36,37,38,40,42,43,44)/p+1. The van der Waals surface area contributed by atoms with E-state index in [1.54, 1.807) is 7.11 Å². The molecule has 3 aromatic rings. The van der Waals surface area contributed by atoms with Crippen molar-refractivity contribution in [2.45, 2.75) is 51.0 Å². The minimum Gasteiger partial charge on any atom is -0.497 e. The van der Waals surface area contributed by atoms with Gasteiger partial charge in [-0.15, -0.1) is 0 Å². The van der Waals surface area contributed by atoms with Gasteiger partial charge in [0.05, 0.1) is 39.3 Å². The summed E-state index contributed by atoms with van der Waals surface area (Å²) in [7, 11) is 1.67. The van der Waals surface area contributed by atoms with E-state index in [1.165, 1.54) is 11.1 Å². The van der Waals surface area contributed by atoms with Crippen molar-refractivity contribution in [2.75, 3.05) is 57.1 Å². The van der Waals surface area contributed by atoms with Gasteiger partial charge < -0.3 is 35.9 Å². The van der Waals surface area contributed by atoms with Crippen LogP contribution in [0.25, 0.3) is 0 Å². The van der Waals surface area contributed by atoms with E-state index < -0.39 is 5.91 Å². The number of aryl methyl sites for hydroxylation is 2. The molecule has 0 spiro atoms. The van der Waals surface area contributed by atoms with E-state index in [4.69, 9.17) is 32.4 Å². The molecule has 1 aliphatic heterocycles. The third kappa shape index (κ3) is 10.2. The Morgan fingerprint density at radius 1 is 0.978 bits per heavy atom. The molecule has 7 N–H and O–H groups in total. The fourth-order valence-electron chi connectivity index (χ4n) is 6.11. The molecule has 0 radical (unpaired) electrons. The maximum Gasteiger partial charge on any atom is 0.274 e. The van der Waals surface area contributed by atoms with Gasteiger partial charge in [-0.1, -0.05) is 35.9 Å². The Bertz CT molecular complexity index is 1450. The van der Waals surface area contributed by atoms with E-state index in [0.29, 0.717) is 24.3 Å². The van der Waals surface area contributed by atoms with Crippen molar-refractivity contribution in [2.24, 2.45) is 0 Å². The molecule has 2 heterocycles. The van der Waals surface area contributed by atoms with Gasteiger partial charge in [-0.3, -0.25) is 9.59 Å². The van der Waals surface area contributed by atoms with Crippen LogP contribution in [0.4, 0.5) is 11.6 Å². The second-order valence-electron chi connectivity index (χ2n) is 11.8. The maximum atomic E-state index is 13.2. The van der Waals surface area contributed by atoms with Crippen molar-refractivity contribution in [3.05, 3.63) is 76.1 Å². The first-order chi connectivity index (χ1) is 22.2. The summed E-state index contributed by atoms with van der Waals surface area (Å²) in [5.41, 5.74) is 14.7. The topological polar surface area (TPSA) is 165 Å². The highest BCUT2D eigenvalue weighted by Gasteiger charge is 2.35. The Morgan fingerprint density at radius 2 is 1.63 bits per heavy atom. The fourth-order valence-corrected chi connectivity index (χ4v) is 6.51. The number of nitrogens with two attached hydrogens (primary N) is 2. The van der Waals surface area contributed by atoms with E-state index in [1.807, 2.05) is 36.4 Å². The molecule has 4 rings (SSSR count). The molecule has 1 aliphatic rings. The lowest BCUT2D eigenvalue weighted by Crippen LogP contribution is -2.60. The van der Waals surface area contributed by atoms with Crippen molar-refractivity contribution in [1.29, 1.82) is 0 Å². The molecule has 11 nitrogen and oxygen atoms in total. The second kappa shape index (κ2) is 17.4. The number of carbonyl (C=O) groups excluding carboxylic acids is 2. The maximum absolute atomic E-state index is 13.2. The van der Waals surface area contributed by atoms with Gasteiger partial charge in [-0.25, -0.2) is 9.97 Å². The van der Waals surface area contributed by atoms with Gasteiger partial charge >= 0.3 is 0 Å². The number of carbonyl (C=O) groups is 2. The summed E-state index contributed by atoms with van der Waals surface area (Å²) in [6.07, 6.45) is 6.40. The lowest BCUT2D eigenvalue weighted by molar-refractivity contribution is -0.933. The summed E-state index contributed by atoms with van der Waals surface area (Å²) < 4.78 is 15.0. The van der Waals surface area contributed by atoms with Crippen LogP contribution in [0.1, 0.15) is 64.1 Å². The molecule has 1 saturated heterocycles. The predicted molar refractivity (Wildman–Crippen MR) is 184 cm³/mol. The van der Waals surface area contributed by atoms with Gasteiger partial charge in [-0.2, -0.15) is 0 Å². The summed E-state index contributed by atoms with van der Waals surface area (Å²) in [5.74, 6) is 0.888. The van der Waals surface area contributed by atoms with Crippen LogP contribution in [-0.2, 0) is 12.8 Å². The number of hydrogen-bond acceptors (Lipinski definition) is 9. The van der Waals surface area contributed by atoms with Crippen LogP contribution in [-0.4, -0.2) is 82.4 Å². The zero-order valence-corrected chi connectivity index (χ0v) is 27.9. The molecule has 248 valence electrons. The van der Waals surface area contributed by atoms with Crippen molar-refractivity contribution >= 4 is 47.1 Å². The Hall–Kier alpha value is -3.58. The highest BCUT2D eigenvalue weighted by molar-refractivity contribution is 7.93. The molecule has 0 bridgehead atoms. The quantitative estimate of drug-likeness (QED) is 0.0832. The second-order valence-corrected chi connectivity index (χ2v) is 12.9. The van der Waals surface area contributed by atoms with Crippen LogP contribution in [0.3, 0.4) is 0 Å². The van der Waals surface area contributed by atoms with Crippen molar-refractivity contribution < 1.29 is 23.4 Å². The van der Waals surface area contributed by atoms with E-state index >= 15 is 0 Å². The highest BCUT2D eigenvalue weighted by atomic mass is 35.5. The van der Waals surface area contributed by atoms with E-state index in [2.05, 4.69) is 32.7 Å². The minimum atomic E-state index is -0.397. The number of nitrogens with one attached hydrogen (secondary N) is 2. The summed E-state index contributed by atoms with van der Waals surface area (Å²) in [4.78, 5) is 33.6. The molecule has 2 atom stereocenters. The number of methoxy groups -OCH3 is 1. The number of quaternary nitrogens is 1. The lowest BCUT2D eigenvalue weighted by atomic mass is 9.99. The van der Waals surface area contributed by atoms with Crippen molar-refractivity contribution in [3.63, 3.8) is 0 Å². The number of nitrogen functional groups attached to an aromatic ring is 2. The Labute approximate surface area is 280 Å². The molecule has 2 amide bonds. The number of hydrogen-bond donors (Lipinski definition) is 5. The van der Waals surface area contributed by atoms with Crippen LogP contribution >= 0.6 is 23.6 Å². The van der Waals surface area contributed by atoms with Crippen LogP contribution in [0.2, 0.25) is 5.15 Å². The molecule has 0 aliphatic carbocycles. The molecule has 0 saturated carbocycles. The number of piperidine rings is 1. The van der Waals surface area contributed by atoms with Gasteiger partial charge in [0.1, 0.15) is 5.75 Å². The number of nitrogens with zero attached hydrogens (tertiary/aromatic N) is 3. The third-order valence-electron chi connectivity index (χ3n) is 8.52. The van der Waals surface area contributed by atoms with Gasteiger partial charge in [0.2, 0.25) is 0 Å². The minimum absolute atomic E-state index is 0.00710. The number of rotatable bonds is 16. The van der Waals surface area contributed by atoms with Crippen LogP contribution < -0.4 is 26.8 Å². The summed E-state index contributed by atoms with van der Waals surface area (Å²) in [5, 5.41) is 5.99.